The predicted molar refractivity (Wildman–Crippen MR) is 54.4 cm³/mol. The smallest absolute Gasteiger partial charge is 0.378 e. The van der Waals surface area contributed by atoms with Crippen molar-refractivity contribution in [1.82, 2.24) is 0 Å². The highest BCUT2D eigenvalue weighted by Crippen LogP contribution is 2.09. The normalized spacial score (nSPS) is 10.3. The molecule has 1 aromatic rings. The first-order valence-corrected chi connectivity index (χ1v) is 3.80. The van der Waals surface area contributed by atoms with E-state index in [4.69, 9.17) is 13.0 Å². The molecule has 0 saturated heterocycles. The molecule has 3 nitrogen and oxygen atoms in total. The Bertz CT molecular complexity index is 374. The van der Waals surface area contributed by atoms with Crippen LogP contribution in [0.1, 0.15) is 5.56 Å². The van der Waals surface area contributed by atoms with Gasteiger partial charge in [0.2, 0.25) is 0 Å². The zero-order valence-electron chi connectivity index (χ0n) is 7.31. The average molecular weight is 184 g/mol. The maximum atomic E-state index is 10.6. The van der Waals surface area contributed by atoms with Crippen molar-refractivity contribution in [3.63, 3.8) is 0 Å². The minimum Gasteiger partial charge on any atom is -0.540 e. The number of rotatable bonds is 2. The Morgan fingerprint density at radius 3 is 2.86 bits per heavy atom. The van der Waals surface area contributed by atoms with E-state index in [1.807, 2.05) is 0 Å². The molecule has 0 heterocycles. The molecule has 5 heteroatoms. The monoisotopic (exact) mass is 184 g/mol. The van der Waals surface area contributed by atoms with Gasteiger partial charge in [-0.25, -0.2) is 4.79 Å². The molecule has 0 aliphatic rings. The molecule has 0 saturated carbocycles. The summed E-state index contributed by atoms with van der Waals surface area (Å²) >= 11 is 0. The minimum atomic E-state index is -0.687. The van der Waals surface area contributed by atoms with Crippen molar-refractivity contribution in [1.29, 1.82) is 0 Å². The van der Waals surface area contributed by atoms with Crippen molar-refractivity contribution in [3.8, 4) is 5.75 Å². The maximum absolute atomic E-state index is 10.6. The second-order valence-corrected chi connectivity index (χ2v) is 2.58. The number of phenols is 1. The molecular formula is C9H6B2O3. The van der Waals surface area contributed by atoms with Gasteiger partial charge in [0.1, 0.15) is 13.6 Å². The molecule has 0 fully saturated rings. The summed E-state index contributed by atoms with van der Waals surface area (Å²) in [5, 5.41) is 9.13. The van der Waals surface area contributed by atoms with E-state index in [0.29, 0.717) is 11.0 Å². The Labute approximate surface area is 84.2 Å². The average Bonchev–Trinajstić information content (AvgIpc) is 2.19. The van der Waals surface area contributed by atoms with Gasteiger partial charge in [-0.2, -0.15) is 0 Å². The minimum absolute atomic E-state index is 0.0694. The van der Waals surface area contributed by atoms with Gasteiger partial charge in [0.25, 0.3) is 0 Å². The van der Waals surface area contributed by atoms with E-state index in [1.54, 1.807) is 0 Å². The van der Waals surface area contributed by atoms with Crippen molar-refractivity contribution < 1.29 is 14.6 Å². The molecule has 0 atom stereocenters. The lowest BCUT2D eigenvalue weighted by molar-refractivity contribution is -0.128. The van der Waals surface area contributed by atoms with Crippen molar-refractivity contribution in [2.75, 3.05) is 0 Å². The van der Waals surface area contributed by atoms with Gasteiger partial charge in [-0.1, -0.05) is 11.5 Å². The molecule has 1 N–H and O–H groups in total. The number of hydrogen-bond acceptors (Lipinski definition) is 3. The van der Waals surface area contributed by atoms with E-state index in [9.17, 15) is 4.79 Å². The second-order valence-electron chi connectivity index (χ2n) is 2.58. The first-order chi connectivity index (χ1) is 6.63. The van der Waals surface area contributed by atoms with Crippen LogP contribution in [0.5, 0.6) is 5.75 Å². The summed E-state index contributed by atoms with van der Waals surface area (Å²) in [6.07, 6.45) is 2.52. The Kier molecular flexibility index (Phi) is 3.40. The van der Waals surface area contributed by atoms with Crippen LogP contribution in [-0.4, -0.2) is 27.0 Å². The van der Waals surface area contributed by atoms with Crippen LogP contribution in [0.4, 0.5) is 0 Å². The third kappa shape index (κ3) is 2.69. The Balaban J connectivity index is 2.90. The quantitative estimate of drug-likeness (QED) is 0.512. The molecule has 0 aliphatic carbocycles. The third-order valence-electron chi connectivity index (χ3n) is 1.59. The van der Waals surface area contributed by atoms with E-state index in [-0.39, 0.29) is 5.75 Å². The number of hydrogen-bond donors (Lipinski definition) is 1. The van der Waals surface area contributed by atoms with E-state index < -0.39 is 5.97 Å². The summed E-state index contributed by atoms with van der Waals surface area (Å²) < 4.78 is 3.91. The SMILES string of the molecule is [B]OC(=O)/C=C/c1cc(O)ccc1[B]. The fourth-order valence-corrected chi connectivity index (χ4v) is 0.904. The fourth-order valence-electron chi connectivity index (χ4n) is 0.904. The van der Waals surface area contributed by atoms with Gasteiger partial charge < -0.3 is 9.76 Å². The predicted octanol–water partition coefficient (Wildman–Crippen LogP) is -0.174. The molecule has 0 spiro atoms. The van der Waals surface area contributed by atoms with Crippen LogP contribution in [0.3, 0.4) is 0 Å². The fraction of sp³-hybridized carbons (Fsp3) is 0. The topological polar surface area (TPSA) is 46.5 Å². The summed E-state index contributed by atoms with van der Waals surface area (Å²) in [7, 11) is 10.2. The van der Waals surface area contributed by atoms with Gasteiger partial charge in [-0.05, 0) is 23.8 Å². The Hall–Kier alpha value is -1.64. The van der Waals surface area contributed by atoms with Crippen molar-refractivity contribution in [3.05, 3.63) is 29.8 Å². The second kappa shape index (κ2) is 4.56. The molecule has 0 bridgehead atoms. The lowest BCUT2D eigenvalue weighted by atomic mass is 9.90. The van der Waals surface area contributed by atoms with E-state index in [2.05, 4.69) is 12.7 Å². The highest BCUT2D eigenvalue weighted by Gasteiger charge is 1.96. The number of carbonyl (C=O) groups excluding carboxylic acids is 1. The van der Waals surface area contributed by atoms with Crippen molar-refractivity contribution in [2.45, 2.75) is 0 Å². The van der Waals surface area contributed by atoms with Gasteiger partial charge in [0.05, 0.1) is 0 Å². The molecule has 0 amide bonds. The largest absolute Gasteiger partial charge is 0.540 e. The van der Waals surface area contributed by atoms with Crippen molar-refractivity contribution in [2.24, 2.45) is 0 Å². The van der Waals surface area contributed by atoms with Crippen LogP contribution >= 0.6 is 0 Å². The standard InChI is InChI=1S/C9H6B2O3/c10-8-3-2-7(12)5-6(8)1-4-9(13)14-11/h1-5,12H/b4-1+. The van der Waals surface area contributed by atoms with Gasteiger partial charge in [0, 0.05) is 6.08 Å². The Morgan fingerprint density at radius 2 is 2.21 bits per heavy atom. The molecule has 14 heavy (non-hydrogen) atoms. The number of phenolic OH excluding ortho intramolecular Hbond substituents is 1. The summed E-state index contributed by atoms with van der Waals surface area (Å²) in [4.78, 5) is 10.6. The summed E-state index contributed by atoms with van der Waals surface area (Å²) in [6.45, 7) is 0. The Morgan fingerprint density at radius 1 is 1.50 bits per heavy atom. The molecule has 0 aromatic heterocycles. The third-order valence-corrected chi connectivity index (χ3v) is 1.59. The highest BCUT2D eigenvalue weighted by molar-refractivity contribution is 6.34. The number of carbonyl (C=O) groups is 1. The molecular weight excluding hydrogens is 178 g/mol. The zero-order valence-corrected chi connectivity index (χ0v) is 7.31. The van der Waals surface area contributed by atoms with Crippen LogP contribution in [0.15, 0.2) is 24.3 Å². The van der Waals surface area contributed by atoms with E-state index in [0.717, 1.165) is 6.08 Å². The van der Waals surface area contributed by atoms with Crippen LogP contribution in [0.25, 0.3) is 6.08 Å². The summed E-state index contributed by atoms with van der Waals surface area (Å²) in [5.74, 6) is -0.618. The van der Waals surface area contributed by atoms with Crippen LogP contribution in [0, 0.1) is 0 Å². The number of aromatic hydroxyl groups is 1. The first kappa shape index (κ1) is 10.4. The molecule has 1 aromatic carbocycles. The first-order valence-electron chi connectivity index (χ1n) is 3.80. The molecule has 1 rings (SSSR count). The highest BCUT2D eigenvalue weighted by atomic mass is 16.5. The van der Waals surface area contributed by atoms with Crippen LogP contribution in [0.2, 0.25) is 0 Å². The van der Waals surface area contributed by atoms with Crippen molar-refractivity contribution >= 4 is 33.4 Å². The van der Waals surface area contributed by atoms with Crippen LogP contribution in [-0.2, 0) is 9.45 Å². The lowest BCUT2D eigenvalue weighted by Crippen LogP contribution is -2.06. The maximum Gasteiger partial charge on any atom is 0.378 e. The zero-order chi connectivity index (χ0) is 10.6. The van der Waals surface area contributed by atoms with E-state index in [1.165, 1.54) is 24.3 Å². The van der Waals surface area contributed by atoms with Gasteiger partial charge >= 0.3 is 14.0 Å². The number of benzene rings is 1. The molecule has 0 unspecified atom stereocenters. The van der Waals surface area contributed by atoms with Gasteiger partial charge in [0.15, 0.2) is 0 Å². The molecule has 66 valence electrons. The molecule has 4 radical (unpaired) electrons. The van der Waals surface area contributed by atoms with Gasteiger partial charge in [-0.3, -0.25) is 0 Å². The lowest BCUT2D eigenvalue weighted by Gasteiger charge is -2.00. The van der Waals surface area contributed by atoms with E-state index >= 15 is 0 Å². The summed E-state index contributed by atoms with van der Waals surface area (Å²) in [5.41, 5.74) is 0.972. The van der Waals surface area contributed by atoms with Crippen LogP contribution < -0.4 is 5.46 Å². The molecule has 0 aliphatic heterocycles. The van der Waals surface area contributed by atoms with Gasteiger partial charge in [-0.15, -0.1) is 0 Å². The summed E-state index contributed by atoms with van der Waals surface area (Å²) in [6, 6.07) is 4.41.